The lowest BCUT2D eigenvalue weighted by molar-refractivity contribution is 0.598. The molecule has 0 heterocycles. The summed E-state index contributed by atoms with van der Waals surface area (Å²) in [6, 6.07) is 5.23. The summed E-state index contributed by atoms with van der Waals surface area (Å²) in [5.74, 6) is 0. The number of benzene rings is 1. The molecule has 0 saturated carbocycles. The van der Waals surface area contributed by atoms with Crippen LogP contribution in [-0.4, -0.2) is 8.42 Å². The van der Waals surface area contributed by atoms with Crippen LogP contribution in [0.3, 0.4) is 0 Å². The Morgan fingerprint density at radius 1 is 1.25 bits per heavy atom. The maximum atomic E-state index is 10.7. The van der Waals surface area contributed by atoms with Crippen molar-refractivity contribution in [1.29, 1.82) is 0 Å². The highest BCUT2D eigenvalue weighted by Crippen LogP contribution is 2.14. The first-order chi connectivity index (χ1) is 5.54. The number of primary sulfonamides is 1. The molecule has 1 aromatic carbocycles. The summed E-state index contributed by atoms with van der Waals surface area (Å²) in [7, 11) is -3.65. The van der Waals surface area contributed by atoms with E-state index in [1.165, 1.54) is 24.3 Å². The summed E-state index contributed by atoms with van der Waals surface area (Å²) in [6.45, 7) is 0. The van der Waals surface area contributed by atoms with E-state index in [9.17, 15) is 8.42 Å². The van der Waals surface area contributed by atoms with Crippen molar-refractivity contribution in [2.45, 2.75) is 4.90 Å². The molecule has 5 nitrogen and oxygen atoms in total. The van der Waals surface area contributed by atoms with Crippen molar-refractivity contribution in [1.82, 2.24) is 0 Å². The van der Waals surface area contributed by atoms with E-state index in [0.29, 0.717) is 0 Å². The topological polar surface area (TPSA) is 94.8 Å². The lowest BCUT2D eigenvalue weighted by atomic mass is 10.3. The second kappa shape index (κ2) is 3.00. The van der Waals surface area contributed by atoms with Gasteiger partial charge in [-0.1, -0.05) is 0 Å². The minimum absolute atomic E-state index is 0.00472. The van der Waals surface area contributed by atoms with Gasteiger partial charge in [0.2, 0.25) is 10.0 Å². The Morgan fingerprint density at radius 3 is 2.08 bits per heavy atom. The second-order valence-electron chi connectivity index (χ2n) is 2.14. The second-order valence-corrected chi connectivity index (χ2v) is 3.70. The number of hydrogen-bond donors (Lipinski definition) is 1. The molecule has 64 valence electrons. The van der Waals surface area contributed by atoms with E-state index < -0.39 is 10.0 Å². The molecule has 0 saturated heterocycles. The van der Waals surface area contributed by atoms with Crippen molar-refractivity contribution >= 4 is 15.7 Å². The van der Waals surface area contributed by atoms with E-state index in [4.69, 9.17) is 10.7 Å². The predicted molar refractivity (Wildman–Crippen MR) is 43.3 cm³/mol. The average molecular weight is 184 g/mol. The van der Waals surface area contributed by atoms with Crippen molar-refractivity contribution in [3.63, 3.8) is 0 Å². The highest BCUT2D eigenvalue weighted by Gasteiger charge is 2.05. The maximum absolute atomic E-state index is 10.7. The van der Waals surface area contributed by atoms with E-state index >= 15 is 0 Å². The molecule has 0 aliphatic rings. The molecule has 0 amide bonds. The van der Waals surface area contributed by atoms with Crippen LogP contribution in [0.15, 0.2) is 34.3 Å². The molecular formula is C6H6N3O2S-. The Labute approximate surface area is 69.8 Å². The maximum Gasteiger partial charge on any atom is 0.238 e. The number of hydrogen-bond acceptors (Lipinski definition) is 3. The van der Waals surface area contributed by atoms with Crippen LogP contribution in [0.2, 0.25) is 0 Å². The molecule has 0 unspecified atom stereocenters. The highest BCUT2D eigenvalue weighted by atomic mass is 32.2. The molecule has 0 spiro atoms. The van der Waals surface area contributed by atoms with Gasteiger partial charge in [0.05, 0.1) is 4.90 Å². The highest BCUT2D eigenvalue weighted by molar-refractivity contribution is 7.89. The van der Waals surface area contributed by atoms with Crippen molar-refractivity contribution < 1.29 is 8.42 Å². The number of rotatable bonds is 2. The van der Waals surface area contributed by atoms with Crippen LogP contribution in [0.1, 0.15) is 0 Å². The molecule has 12 heavy (non-hydrogen) atoms. The molecule has 0 aromatic heterocycles. The molecule has 6 heteroatoms. The quantitative estimate of drug-likeness (QED) is 0.693. The largest absolute Gasteiger partial charge is 0.706 e. The zero-order valence-electron chi connectivity index (χ0n) is 6.01. The number of nitrogens with two attached hydrogens (primary N) is 1. The van der Waals surface area contributed by atoms with Gasteiger partial charge < -0.3 is 10.6 Å². The first-order valence-electron chi connectivity index (χ1n) is 3.02. The first kappa shape index (κ1) is 8.82. The molecule has 1 rings (SSSR count). The van der Waals surface area contributed by atoms with Gasteiger partial charge in [-0.15, -0.1) is 0 Å². The van der Waals surface area contributed by atoms with Crippen LogP contribution in [-0.2, 0) is 10.0 Å². The van der Waals surface area contributed by atoms with E-state index in [-0.39, 0.29) is 10.6 Å². The molecule has 0 aliphatic heterocycles. The summed E-state index contributed by atoms with van der Waals surface area (Å²) >= 11 is 0. The molecule has 0 aliphatic carbocycles. The first-order valence-corrected chi connectivity index (χ1v) is 4.56. The minimum Gasteiger partial charge on any atom is -0.706 e. The van der Waals surface area contributed by atoms with Crippen molar-refractivity contribution in [2.75, 3.05) is 0 Å². The van der Waals surface area contributed by atoms with Crippen molar-refractivity contribution in [3.05, 3.63) is 29.8 Å². The van der Waals surface area contributed by atoms with Crippen LogP contribution in [0, 0.1) is 0 Å². The fourth-order valence-electron chi connectivity index (χ4n) is 0.702. The van der Waals surface area contributed by atoms with E-state index in [1.54, 1.807) is 0 Å². The van der Waals surface area contributed by atoms with Crippen molar-refractivity contribution in [2.24, 2.45) is 10.3 Å². The minimum atomic E-state index is -3.65. The smallest absolute Gasteiger partial charge is 0.238 e. The molecule has 0 radical (unpaired) electrons. The normalized spacial score (nSPS) is 11.1. The van der Waals surface area contributed by atoms with Gasteiger partial charge in [-0.05, 0) is 24.3 Å². The zero-order valence-corrected chi connectivity index (χ0v) is 6.82. The standard InChI is InChI=1S/C6H6N3O2S/c7-9-5-1-3-6(4-2-5)12(8,10)11/h1-4H,(H2,8,10,11)/q-1. The van der Waals surface area contributed by atoms with E-state index in [0.717, 1.165) is 0 Å². The number of nitrogens with zero attached hydrogens (tertiary/aromatic N) is 2. The fourth-order valence-corrected chi connectivity index (χ4v) is 1.22. The van der Waals surface area contributed by atoms with Crippen LogP contribution in [0.4, 0.5) is 5.69 Å². The lowest BCUT2D eigenvalue weighted by Crippen LogP contribution is -2.11. The molecule has 1 aromatic rings. The van der Waals surface area contributed by atoms with Crippen LogP contribution < -0.4 is 5.14 Å². The van der Waals surface area contributed by atoms with E-state index in [2.05, 4.69) is 5.11 Å². The Bertz CT molecular complexity index is 382. The number of sulfonamides is 1. The third kappa shape index (κ3) is 1.86. The lowest BCUT2D eigenvalue weighted by Gasteiger charge is -1.99. The summed E-state index contributed by atoms with van der Waals surface area (Å²) < 4.78 is 21.4. The third-order valence-electron chi connectivity index (χ3n) is 1.28. The van der Waals surface area contributed by atoms with E-state index in [1.807, 2.05) is 0 Å². The van der Waals surface area contributed by atoms with Gasteiger partial charge in [-0.3, -0.25) is 0 Å². The van der Waals surface area contributed by atoms with Crippen LogP contribution >= 0.6 is 0 Å². The van der Waals surface area contributed by atoms with Gasteiger partial charge in [-0.2, -0.15) is 0 Å². The molecule has 0 fully saturated rings. The SMILES string of the molecule is [N-]=Nc1ccc(S(N)(=O)=O)cc1. The van der Waals surface area contributed by atoms with Gasteiger partial charge in [0.15, 0.2) is 0 Å². The van der Waals surface area contributed by atoms with Crippen molar-refractivity contribution in [3.8, 4) is 0 Å². The predicted octanol–water partition coefficient (Wildman–Crippen LogP) is 0.987. The van der Waals surface area contributed by atoms with Gasteiger partial charge >= 0.3 is 0 Å². The fraction of sp³-hybridized carbons (Fsp3) is 0. The Hall–Kier alpha value is -1.27. The molecule has 2 N–H and O–H groups in total. The summed E-state index contributed by atoms with van der Waals surface area (Å²) in [5, 5.41) is 7.69. The third-order valence-corrected chi connectivity index (χ3v) is 2.21. The molecule has 0 bridgehead atoms. The van der Waals surface area contributed by atoms with Gasteiger partial charge in [-0.25, -0.2) is 13.6 Å². The summed E-state index contributed by atoms with van der Waals surface area (Å²) in [6.07, 6.45) is 0. The summed E-state index contributed by atoms with van der Waals surface area (Å²) in [5.41, 5.74) is 8.56. The van der Waals surface area contributed by atoms with Crippen LogP contribution in [0.5, 0.6) is 0 Å². The monoisotopic (exact) mass is 184 g/mol. The van der Waals surface area contributed by atoms with Gasteiger partial charge in [0, 0.05) is 5.69 Å². The average Bonchev–Trinajstić information content (AvgIpc) is 2.03. The Balaban J connectivity index is 3.17. The Kier molecular flexibility index (Phi) is 2.20. The zero-order chi connectivity index (χ0) is 9.19. The molecular weight excluding hydrogens is 178 g/mol. The summed E-state index contributed by atoms with van der Waals surface area (Å²) in [4.78, 5) is -0.00472. The Morgan fingerprint density at radius 2 is 1.75 bits per heavy atom. The van der Waals surface area contributed by atoms with Gasteiger partial charge in [0.25, 0.3) is 0 Å². The van der Waals surface area contributed by atoms with Gasteiger partial charge in [0.1, 0.15) is 0 Å². The molecule has 0 atom stereocenters. The van der Waals surface area contributed by atoms with Crippen LogP contribution in [0.25, 0.3) is 5.53 Å².